The molecular weight excluding hydrogens is 313 g/mol. The first kappa shape index (κ1) is 14.3. The number of rotatable bonds is 3. The predicted octanol–water partition coefficient (Wildman–Crippen LogP) is 4.02. The minimum atomic E-state index is 0.228. The SMILES string of the molecule is Nc1cc2c(c(COc3ccc(Cl)cc3Cl)c1)OCOC2. The fourth-order valence-corrected chi connectivity index (χ4v) is 2.64. The molecule has 2 aromatic carbocycles. The summed E-state index contributed by atoms with van der Waals surface area (Å²) in [6.07, 6.45) is 0. The van der Waals surface area contributed by atoms with Crippen LogP contribution in [0.3, 0.4) is 0 Å². The Hall–Kier alpha value is -1.62. The van der Waals surface area contributed by atoms with Crippen molar-refractivity contribution in [1.29, 1.82) is 0 Å². The number of nitrogens with two attached hydrogens (primary N) is 1. The van der Waals surface area contributed by atoms with Crippen molar-refractivity contribution in [3.63, 3.8) is 0 Å². The molecule has 4 nitrogen and oxygen atoms in total. The number of halogens is 2. The van der Waals surface area contributed by atoms with Gasteiger partial charge in [-0.15, -0.1) is 0 Å². The Bertz CT molecular complexity index is 676. The molecule has 0 aliphatic carbocycles. The lowest BCUT2D eigenvalue weighted by molar-refractivity contribution is -0.0175. The lowest BCUT2D eigenvalue weighted by Gasteiger charge is -2.21. The molecule has 1 heterocycles. The van der Waals surface area contributed by atoms with Gasteiger partial charge in [0.1, 0.15) is 18.1 Å². The van der Waals surface area contributed by atoms with Crippen LogP contribution < -0.4 is 15.2 Å². The van der Waals surface area contributed by atoms with E-state index in [-0.39, 0.29) is 6.79 Å². The van der Waals surface area contributed by atoms with Gasteiger partial charge in [0.25, 0.3) is 0 Å². The van der Waals surface area contributed by atoms with E-state index >= 15 is 0 Å². The molecule has 3 rings (SSSR count). The summed E-state index contributed by atoms with van der Waals surface area (Å²) in [5.41, 5.74) is 8.31. The first-order valence-electron chi connectivity index (χ1n) is 6.33. The number of benzene rings is 2. The number of ether oxygens (including phenoxy) is 3. The van der Waals surface area contributed by atoms with Crippen LogP contribution in [0.4, 0.5) is 5.69 Å². The molecule has 0 radical (unpaired) electrons. The van der Waals surface area contributed by atoms with E-state index < -0.39 is 0 Å². The Morgan fingerprint density at radius 3 is 2.86 bits per heavy atom. The monoisotopic (exact) mass is 325 g/mol. The predicted molar refractivity (Wildman–Crippen MR) is 81.9 cm³/mol. The van der Waals surface area contributed by atoms with Crippen LogP contribution in [-0.4, -0.2) is 6.79 Å². The third-order valence-corrected chi connectivity index (χ3v) is 3.62. The summed E-state index contributed by atoms with van der Waals surface area (Å²) in [4.78, 5) is 0. The highest BCUT2D eigenvalue weighted by Gasteiger charge is 2.17. The summed E-state index contributed by atoms with van der Waals surface area (Å²) in [6.45, 7) is 1.01. The molecule has 110 valence electrons. The van der Waals surface area contributed by atoms with Crippen molar-refractivity contribution < 1.29 is 14.2 Å². The first-order chi connectivity index (χ1) is 10.1. The van der Waals surface area contributed by atoms with E-state index in [1.54, 1.807) is 18.2 Å². The van der Waals surface area contributed by atoms with Gasteiger partial charge >= 0.3 is 0 Å². The van der Waals surface area contributed by atoms with Gasteiger partial charge in [-0.1, -0.05) is 23.2 Å². The Balaban J connectivity index is 1.83. The highest BCUT2D eigenvalue weighted by molar-refractivity contribution is 6.35. The summed E-state index contributed by atoms with van der Waals surface area (Å²) in [5.74, 6) is 1.32. The molecule has 0 saturated heterocycles. The number of fused-ring (bicyclic) bond motifs is 1. The van der Waals surface area contributed by atoms with Crippen LogP contribution in [0, 0.1) is 0 Å². The summed E-state index contributed by atoms with van der Waals surface area (Å²) < 4.78 is 16.5. The Morgan fingerprint density at radius 2 is 2.05 bits per heavy atom. The van der Waals surface area contributed by atoms with E-state index in [4.69, 9.17) is 43.1 Å². The van der Waals surface area contributed by atoms with Gasteiger partial charge in [0.05, 0.1) is 11.6 Å². The van der Waals surface area contributed by atoms with Crippen molar-refractivity contribution in [3.8, 4) is 11.5 Å². The van der Waals surface area contributed by atoms with Crippen LogP contribution >= 0.6 is 23.2 Å². The molecule has 6 heteroatoms. The standard InChI is InChI=1S/C15H13Cl2NO3/c16-11-1-2-14(13(17)5-11)20-7-10-4-12(18)3-9-6-19-8-21-15(9)10/h1-5H,6-8,18H2. The molecule has 0 saturated carbocycles. The molecule has 1 aliphatic heterocycles. The van der Waals surface area contributed by atoms with Crippen LogP contribution in [0.2, 0.25) is 10.0 Å². The average molecular weight is 326 g/mol. The Morgan fingerprint density at radius 1 is 1.19 bits per heavy atom. The summed E-state index contributed by atoms with van der Waals surface area (Å²) in [5, 5.41) is 1.03. The zero-order valence-corrected chi connectivity index (χ0v) is 12.6. The number of hydrogen-bond donors (Lipinski definition) is 1. The normalized spacial score (nSPS) is 13.4. The number of nitrogen functional groups attached to an aromatic ring is 1. The van der Waals surface area contributed by atoms with Gasteiger partial charge < -0.3 is 19.9 Å². The van der Waals surface area contributed by atoms with E-state index in [2.05, 4.69) is 0 Å². The Kier molecular flexibility index (Phi) is 4.10. The Labute approximate surface area is 132 Å². The van der Waals surface area contributed by atoms with Crippen LogP contribution in [0.5, 0.6) is 11.5 Å². The van der Waals surface area contributed by atoms with Gasteiger partial charge in [-0.05, 0) is 30.3 Å². The fourth-order valence-electron chi connectivity index (χ4n) is 2.18. The second-order valence-corrected chi connectivity index (χ2v) is 5.49. The van der Waals surface area contributed by atoms with Gasteiger partial charge in [-0.25, -0.2) is 0 Å². The highest BCUT2D eigenvalue weighted by Crippen LogP contribution is 2.33. The first-order valence-corrected chi connectivity index (χ1v) is 7.09. The number of anilines is 1. The van der Waals surface area contributed by atoms with Crippen molar-refractivity contribution in [3.05, 3.63) is 51.5 Å². The highest BCUT2D eigenvalue weighted by atomic mass is 35.5. The zero-order valence-electron chi connectivity index (χ0n) is 11.1. The number of hydrogen-bond acceptors (Lipinski definition) is 4. The molecule has 2 N–H and O–H groups in total. The molecule has 0 amide bonds. The van der Waals surface area contributed by atoms with E-state index in [1.807, 2.05) is 12.1 Å². The summed E-state index contributed by atoms with van der Waals surface area (Å²) >= 11 is 11.9. The lowest BCUT2D eigenvalue weighted by Crippen LogP contribution is -2.14. The van der Waals surface area contributed by atoms with Crippen molar-refractivity contribution >= 4 is 28.9 Å². The minimum Gasteiger partial charge on any atom is -0.487 e. The van der Waals surface area contributed by atoms with Crippen molar-refractivity contribution in [2.75, 3.05) is 12.5 Å². The fraction of sp³-hybridized carbons (Fsp3) is 0.200. The van der Waals surface area contributed by atoms with E-state index in [9.17, 15) is 0 Å². The maximum absolute atomic E-state index is 6.09. The van der Waals surface area contributed by atoms with E-state index in [1.165, 1.54) is 0 Å². The molecule has 0 fully saturated rings. The second-order valence-electron chi connectivity index (χ2n) is 4.64. The molecule has 21 heavy (non-hydrogen) atoms. The third kappa shape index (κ3) is 3.18. The van der Waals surface area contributed by atoms with E-state index in [0.717, 1.165) is 16.9 Å². The van der Waals surface area contributed by atoms with Gasteiger partial charge in [0.2, 0.25) is 0 Å². The minimum absolute atomic E-state index is 0.228. The molecule has 1 aliphatic rings. The maximum atomic E-state index is 6.09. The smallest absolute Gasteiger partial charge is 0.189 e. The molecule has 2 aromatic rings. The largest absolute Gasteiger partial charge is 0.487 e. The van der Waals surface area contributed by atoms with Crippen molar-refractivity contribution in [2.24, 2.45) is 0 Å². The molecule has 0 bridgehead atoms. The molecule has 0 spiro atoms. The van der Waals surface area contributed by atoms with Crippen molar-refractivity contribution in [2.45, 2.75) is 13.2 Å². The van der Waals surface area contributed by atoms with Crippen LogP contribution in [0.25, 0.3) is 0 Å². The quantitative estimate of drug-likeness (QED) is 0.866. The topological polar surface area (TPSA) is 53.7 Å². The molecule has 0 aromatic heterocycles. The summed E-state index contributed by atoms with van der Waals surface area (Å²) in [6, 6.07) is 8.76. The maximum Gasteiger partial charge on any atom is 0.189 e. The van der Waals surface area contributed by atoms with Gasteiger partial charge in [0, 0.05) is 21.8 Å². The second kappa shape index (κ2) is 6.02. The van der Waals surface area contributed by atoms with Crippen LogP contribution in [0.1, 0.15) is 11.1 Å². The van der Waals surface area contributed by atoms with E-state index in [0.29, 0.717) is 34.7 Å². The van der Waals surface area contributed by atoms with Crippen LogP contribution in [-0.2, 0) is 18.0 Å². The van der Waals surface area contributed by atoms with Gasteiger partial charge in [-0.3, -0.25) is 0 Å². The van der Waals surface area contributed by atoms with Gasteiger partial charge in [-0.2, -0.15) is 0 Å². The van der Waals surface area contributed by atoms with Crippen molar-refractivity contribution in [1.82, 2.24) is 0 Å². The zero-order chi connectivity index (χ0) is 14.8. The molecule has 0 unspecified atom stereocenters. The lowest BCUT2D eigenvalue weighted by atomic mass is 10.1. The average Bonchev–Trinajstić information content (AvgIpc) is 2.46. The molecule has 0 atom stereocenters. The summed E-state index contributed by atoms with van der Waals surface area (Å²) in [7, 11) is 0. The van der Waals surface area contributed by atoms with Crippen LogP contribution in [0.15, 0.2) is 30.3 Å². The third-order valence-electron chi connectivity index (χ3n) is 3.09. The molecular formula is C15H13Cl2NO3. The van der Waals surface area contributed by atoms with Gasteiger partial charge in [0.15, 0.2) is 6.79 Å².